The zero-order chi connectivity index (χ0) is 25.9. The Bertz CT molecular complexity index is 1640. The van der Waals surface area contributed by atoms with Crippen molar-refractivity contribution in [3.05, 3.63) is 111 Å². The lowest BCUT2D eigenvalue weighted by atomic mass is 9.83. The van der Waals surface area contributed by atoms with Crippen molar-refractivity contribution >= 4 is 28.5 Å². The molecule has 0 bridgehead atoms. The zero-order valence-electron chi connectivity index (χ0n) is 21.2. The standard InChI is InChI=1S/C31H28N2O4/c1-4-15-32-24-13-9-8-12-23(24)31(30(32)36)26-27(34)22-17-19(2)20(3)18-25(22)37-28(26)29(35)33(31)16-14-21-10-6-5-7-11-21/h5-13,17-18H,4,14-16H2,1-3H3. The lowest BCUT2D eigenvalue weighted by molar-refractivity contribution is -0.126. The summed E-state index contributed by atoms with van der Waals surface area (Å²) in [5.41, 5.74) is 2.97. The van der Waals surface area contributed by atoms with E-state index in [4.69, 9.17) is 4.42 Å². The number of para-hydroxylation sites is 1. The number of fused-ring (bicyclic) bond motifs is 5. The molecule has 0 N–H and O–H groups in total. The largest absolute Gasteiger partial charge is 0.450 e. The van der Waals surface area contributed by atoms with E-state index in [-0.39, 0.29) is 29.2 Å². The minimum atomic E-state index is -1.56. The van der Waals surface area contributed by atoms with Crippen LogP contribution < -0.4 is 10.3 Å². The second-order valence-electron chi connectivity index (χ2n) is 9.94. The molecule has 186 valence electrons. The Kier molecular flexibility index (Phi) is 5.30. The molecule has 3 aromatic carbocycles. The molecule has 6 heteroatoms. The van der Waals surface area contributed by atoms with Crippen molar-refractivity contribution in [2.45, 2.75) is 39.2 Å². The Balaban J connectivity index is 1.65. The highest BCUT2D eigenvalue weighted by Crippen LogP contribution is 2.52. The maximum absolute atomic E-state index is 14.5. The molecule has 1 atom stereocenters. The number of amides is 2. The normalized spacial score (nSPS) is 18.2. The van der Waals surface area contributed by atoms with E-state index < -0.39 is 11.4 Å². The molecule has 37 heavy (non-hydrogen) atoms. The second-order valence-corrected chi connectivity index (χ2v) is 9.94. The molecular formula is C31H28N2O4. The van der Waals surface area contributed by atoms with Crippen LogP contribution in [0.25, 0.3) is 11.0 Å². The average molecular weight is 493 g/mol. The SMILES string of the molecule is CCCN1C(=O)C2(c3ccccc31)c1c(oc3cc(C)c(C)cc3c1=O)C(=O)N2CCc1ccccc1. The van der Waals surface area contributed by atoms with Gasteiger partial charge in [0.05, 0.1) is 16.6 Å². The van der Waals surface area contributed by atoms with Crippen LogP contribution in [0.3, 0.4) is 0 Å². The number of carbonyl (C=O) groups is 2. The van der Waals surface area contributed by atoms with Crippen LogP contribution in [0, 0.1) is 13.8 Å². The van der Waals surface area contributed by atoms with E-state index in [0.717, 1.165) is 28.8 Å². The molecule has 6 nitrogen and oxygen atoms in total. The fraction of sp³-hybridized carbons (Fsp3) is 0.258. The van der Waals surface area contributed by atoms with E-state index in [1.165, 1.54) is 0 Å². The third-order valence-electron chi connectivity index (χ3n) is 7.77. The van der Waals surface area contributed by atoms with Gasteiger partial charge >= 0.3 is 0 Å². The first-order valence-electron chi connectivity index (χ1n) is 12.8. The molecule has 2 aliphatic rings. The van der Waals surface area contributed by atoms with E-state index in [0.29, 0.717) is 29.5 Å². The van der Waals surface area contributed by atoms with E-state index in [9.17, 15) is 14.4 Å². The number of aryl methyl sites for hydroxylation is 2. The maximum atomic E-state index is 14.5. The van der Waals surface area contributed by atoms with Crippen LogP contribution in [0.5, 0.6) is 0 Å². The van der Waals surface area contributed by atoms with Crippen LogP contribution in [-0.2, 0) is 16.8 Å². The first-order chi connectivity index (χ1) is 17.9. The van der Waals surface area contributed by atoms with Gasteiger partial charge in [0.2, 0.25) is 5.76 Å². The minimum Gasteiger partial charge on any atom is -0.450 e. The third kappa shape index (κ3) is 3.14. The number of rotatable bonds is 5. The summed E-state index contributed by atoms with van der Waals surface area (Å²) >= 11 is 0. The van der Waals surface area contributed by atoms with Crippen LogP contribution in [-0.4, -0.2) is 29.8 Å². The molecule has 0 saturated heterocycles. The van der Waals surface area contributed by atoms with Gasteiger partial charge in [-0.2, -0.15) is 0 Å². The van der Waals surface area contributed by atoms with E-state index >= 15 is 0 Å². The van der Waals surface area contributed by atoms with E-state index in [1.807, 2.05) is 75.4 Å². The molecule has 2 amide bonds. The average Bonchev–Trinajstić information content (AvgIpc) is 3.29. The molecule has 1 aromatic heterocycles. The van der Waals surface area contributed by atoms with Crippen molar-refractivity contribution in [1.29, 1.82) is 0 Å². The van der Waals surface area contributed by atoms with Crippen molar-refractivity contribution in [3.8, 4) is 0 Å². The highest BCUT2D eigenvalue weighted by atomic mass is 16.3. The molecule has 0 fully saturated rings. The topological polar surface area (TPSA) is 70.8 Å². The maximum Gasteiger partial charge on any atom is 0.291 e. The molecule has 1 unspecified atom stereocenters. The predicted octanol–water partition coefficient (Wildman–Crippen LogP) is 5.11. The molecule has 0 aliphatic carbocycles. The van der Waals surface area contributed by atoms with Crippen LogP contribution >= 0.6 is 0 Å². The number of hydrogen-bond acceptors (Lipinski definition) is 4. The summed E-state index contributed by atoms with van der Waals surface area (Å²) in [6.07, 6.45) is 1.28. The number of benzene rings is 3. The molecule has 3 heterocycles. The summed E-state index contributed by atoms with van der Waals surface area (Å²) in [5.74, 6) is -0.730. The highest BCUT2D eigenvalue weighted by molar-refractivity contribution is 6.17. The molecule has 1 spiro atoms. The van der Waals surface area contributed by atoms with Crippen molar-refractivity contribution in [1.82, 2.24) is 4.90 Å². The smallest absolute Gasteiger partial charge is 0.291 e. The Hall–Kier alpha value is -4.19. The Labute approximate surface area is 215 Å². The van der Waals surface area contributed by atoms with Crippen molar-refractivity contribution in [2.75, 3.05) is 18.0 Å². The van der Waals surface area contributed by atoms with Gasteiger partial charge in [0.1, 0.15) is 5.58 Å². The van der Waals surface area contributed by atoms with Crippen LogP contribution in [0.4, 0.5) is 5.69 Å². The summed E-state index contributed by atoms with van der Waals surface area (Å²) in [6.45, 7) is 6.64. The lowest BCUT2D eigenvalue weighted by Gasteiger charge is -2.34. The summed E-state index contributed by atoms with van der Waals surface area (Å²) in [6, 6.07) is 20.9. The molecule has 4 aromatic rings. The number of carbonyl (C=O) groups excluding carboxylic acids is 2. The Morgan fingerprint density at radius 2 is 1.57 bits per heavy atom. The van der Waals surface area contributed by atoms with Gasteiger partial charge in [-0.25, -0.2) is 0 Å². The van der Waals surface area contributed by atoms with Gasteiger partial charge in [-0.1, -0.05) is 55.5 Å². The van der Waals surface area contributed by atoms with Gasteiger partial charge < -0.3 is 14.2 Å². The Morgan fingerprint density at radius 1 is 0.865 bits per heavy atom. The summed E-state index contributed by atoms with van der Waals surface area (Å²) in [5, 5.41) is 0.387. The van der Waals surface area contributed by atoms with Gasteiger partial charge in [-0.05, 0) is 61.6 Å². The van der Waals surface area contributed by atoms with Crippen molar-refractivity contribution in [2.24, 2.45) is 0 Å². The van der Waals surface area contributed by atoms with Crippen LogP contribution in [0.2, 0.25) is 0 Å². The second kappa shape index (κ2) is 8.44. The Morgan fingerprint density at radius 3 is 2.32 bits per heavy atom. The molecular weight excluding hydrogens is 464 g/mol. The van der Waals surface area contributed by atoms with Gasteiger partial charge in [0.15, 0.2) is 11.0 Å². The molecule has 6 rings (SSSR count). The molecule has 0 radical (unpaired) electrons. The summed E-state index contributed by atoms with van der Waals surface area (Å²) < 4.78 is 6.20. The van der Waals surface area contributed by atoms with E-state index in [1.54, 1.807) is 21.9 Å². The number of nitrogens with zero attached hydrogens (tertiary/aromatic N) is 2. The van der Waals surface area contributed by atoms with Gasteiger partial charge in [-0.3, -0.25) is 14.4 Å². The predicted molar refractivity (Wildman–Crippen MR) is 143 cm³/mol. The quantitative estimate of drug-likeness (QED) is 0.388. The lowest BCUT2D eigenvalue weighted by Crippen LogP contribution is -2.54. The van der Waals surface area contributed by atoms with Crippen LogP contribution in [0.1, 0.15) is 51.7 Å². The zero-order valence-corrected chi connectivity index (χ0v) is 21.2. The molecule has 0 saturated carbocycles. The van der Waals surface area contributed by atoms with Crippen molar-refractivity contribution in [3.63, 3.8) is 0 Å². The first-order valence-corrected chi connectivity index (χ1v) is 12.8. The van der Waals surface area contributed by atoms with Gasteiger partial charge in [0, 0.05) is 18.7 Å². The monoisotopic (exact) mass is 492 g/mol. The summed E-state index contributed by atoms with van der Waals surface area (Å²) in [7, 11) is 0. The fourth-order valence-corrected chi connectivity index (χ4v) is 5.88. The fourth-order valence-electron chi connectivity index (χ4n) is 5.88. The third-order valence-corrected chi connectivity index (χ3v) is 7.77. The van der Waals surface area contributed by atoms with Crippen LogP contribution in [0.15, 0.2) is 75.9 Å². The minimum absolute atomic E-state index is 0.0321. The first kappa shape index (κ1) is 23.2. The van der Waals surface area contributed by atoms with E-state index in [2.05, 4.69) is 0 Å². The molecule has 2 aliphatic heterocycles. The van der Waals surface area contributed by atoms with Crippen molar-refractivity contribution < 1.29 is 14.0 Å². The van der Waals surface area contributed by atoms with Gasteiger partial charge in [0.25, 0.3) is 11.8 Å². The number of anilines is 1. The van der Waals surface area contributed by atoms with Gasteiger partial charge in [-0.15, -0.1) is 0 Å². The highest BCUT2D eigenvalue weighted by Gasteiger charge is 2.64. The number of hydrogen-bond donors (Lipinski definition) is 0. The summed E-state index contributed by atoms with van der Waals surface area (Å²) in [4.78, 5) is 46.1.